The number of halogens is 2. The van der Waals surface area contributed by atoms with Crippen LogP contribution < -0.4 is 15.5 Å². The van der Waals surface area contributed by atoms with Crippen molar-refractivity contribution in [2.75, 3.05) is 6.61 Å². The summed E-state index contributed by atoms with van der Waals surface area (Å²) in [5.74, 6) is 0.928. The van der Waals surface area contributed by atoms with E-state index in [1.165, 1.54) is 6.21 Å². The maximum Gasteiger partial charge on any atom is 0.262 e. The van der Waals surface area contributed by atoms with Crippen LogP contribution in [0.3, 0.4) is 0 Å². The van der Waals surface area contributed by atoms with Gasteiger partial charge < -0.3 is 14.5 Å². The first-order chi connectivity index (χ1) is 17.2. The molecule has 3 rings (SSSR count). The number of benzene rings is 2. The Morgan fingerprint density at radius 1 is 1.06 bits per heavy atom. The second kappa shape index (κ2) is 12.6. The van der Waals surface area contributed by atoms with E-state index in [1.807, 2.05) is 45.9 Å². The summed E-state index contributed by atoms with van der Waals surface area (Å²) in [6, 6.07) is 13.7. The highest BCUT2D eigenvalue weighted by atomic mass is 35.5. The van der Waals surface area contributed by atoms with Crippen LogP contribution >= 0.6 is 23.2 Å². The molecule has 2 aromatic carbocycles. The molecule has 2 amide bonds. The Kier molecular flexibility index (Phi) is 9.56. The zero-order valence-electron chi connectivity index (χ0n) is 20.6. The molecule has 0 aliphatic heterocycles. The van der Waals surface area contributed by atoms with E-state index in [9.17, 15) is 9.59 Å². The van der Waals surface area contributed by atoms with Crippen molar-refractivity contribution in [2.45, 2.75) is 40.2 Å². The Bertz CT molecular complexity index is 1230. The molecular formula is C27H29Cl2N3O4. The molecule has 2 N–H and O–H groups in total. The van der Waals surface area contributed by atoms with E-state index in [0.717, 1.165) is 11.1 Å². The van der Waals surface area contributed by atoms with Crippen LogP contribution in [0, 0.1) is 19.8 Å². The van der Waals surface area contributed by atoms with Crippen molar-refractivity contribution < 1.29 is 18.7 Å². The fraction of sp³-hybridized carbons (Fsp3) is 0.296. The number of ether oxygens (including phenoxy) is 1. The predicted octanol–water partition coefficient (Wildman–Crippen LogP) is 5.93. The lowest BCUT2D eigenvalue weighted by molar-refractivity contribution is -0.130. The second-order valence-corrected chi connectivity index (χ2v) is 9.58. The molecular weight excluding hydrogens is 501 g/mol. The smallest absolute Gasteiger partial charge is 0.262 e. The molecule has 0 saturated heterocycles. The van der Waals surface area contributed by atoms with Gasteiger partial charge in [-0.05, 0) is 61.6 Å². The van der Waals surface area contributed by atoms with E-state index in [1.54, 1.807) is 30.3 Å². The molecule has 0 spiro atoms. The van der Waals surface area contributed by atoms with Gasteiger partial charge in [0.25, 0.3) is 11.8 Å². The summed E-state index contributed by atoms with van der Waals surface area (Å²) in [5, 5.41) is 7.53. The van der Waals surface area contributed by atoms with Gasteiger partial charge in [-0.2, -0.15) is 5.10 Å². The number of carbonyl (C=O) groups excluding carboxylic acids is 2. The van der Waals surface area contributed by atoms with Gasteiger partial charge in [0, 0.05) is 5.56 Å². The van der Waals surface area contributed by atoms with E-state index in [-0.39, 0.29) is 12.5 Å². The molecule has 1 aromatic heterocycles. The number of para-hydroxylation sites is 1. The Hall–Kier alpha value is -3.29. The van der Waals surface area contributed by atoms with Crippen molar-refractivity contribution in [1.82, 2.24) is 10.7 Å². The lowest BCUT2D eigenvalue weighted by Gasteiger charge is -2.19. The molecule has 0 radical (unpaired) electrons. The van der Waals surface area contributed by atoms with Crippen molar-refractivity contribution in [3.8, 4) is 17.1 Å². The number of rotatable bonds is 10. The molecule has 0 bridgehead atoms. The number of amides is 2. The van der Waals surface area contributed by atoms with E-state index in [4.69, 9.17) is 32.4 Å². The third-order valence-corrected chi connectivity index (χ3v) is 6.14. The summed E-state index contributed by atoms with van der Waals surface area (Å²) in [4.78, 5) is 25.3. The standard InChI is InChI=1S/C27H29Cl2N3O4/c1-16(2)13-22(31-24(33)15-35-26-17(3)7-5-8-18(26)4)27(34)32-30-14-19-11-12-23(36-19)20-9-6-10-21(28)25(20)29/h5-12,14,16,22H,13,15H2,1-4H3,(H,31,33)(H,32,34)/b30-14-/t22-/m0/s1. The summed E-state index contributed by atoms with van der Waals surface area (Å²) in [5.41, 5.74) is 4.99. The molecule has 0 saturated carbocycles. The van der Waals surface area contributed by atoms with Crippen LogP contribution in [0.25, 0.3) is 11.3 Å². The molecule has 1 heterocycles. The molecule has 36 heavy (non-hydrogen) atoms. The molecule has 3 aromatic rings. The number of hydrogen-bond acceptors (Lipinski definition) is 5. The zero-order chi connectivity index (χ0) is 26.2. The van der Waals surface area contributed by atoms with Gasteiger partial charge >= 0.3 is 0 Å². The number of carbonyl (C=O) groups is 2. The predicted molar refractivity (Wildman–Crippen MR) is 143 cm³/mol. The van der Waals surface area contributed by atoms with E-state index < -0.39 is 17.9 Å². The van der Waals surface area contributed by atoms with Crippen LogP contribution in [0.4, 0.5) is 0 Å². The summed E-state index contributed by atoms with van der Waals surface area (Å²) < 4.78 is 11.4. The molecule has 7 nitrogen and oxygen atoms in total. The maximum atomic E-state index is 12.8. The first-order valence-electron chi connectivity index (χ1n) is 11.5. The number of hydrazone groups is 1. The Morgan fingerprint density at radius 2 is 1.75 bits per heavy atom. The molecule has 0 aliphatic rings. The van der Waals surface area contributed by atoms with E-state index in [0.29, 0.717) is 39.3 Å². The second-order valence-electron chi connectivity index (χ2n) is 8.80. The third kappa shape index (κ3) is 7.35. The first-order valence-corrected chi connectivity index (χ1v) is 12.3. The summed E-state index contributed by atoms with van der Waals surface area (Å²) >= 11 is 12.3. The van der Waals surface area contributed by atoms with Crippen molar-refractivity contribution in [1.29, 1.82) is 0 Å². The number of furan rings is 1. The molecule has 1 atom stereocenters. The van der Waals surface area contributed by atoms with Crippen LogP contribution in [0.5, 0.6) is 5.75 Å². The van der Waals surface area contributed by atoms with Gasteiger partial charge in [0.2, 0.25) is 0 Å². The third-order valence-electron chi connectivity index (χ3n) is 5.33. The van der Waals surface area contributed by atoms with Crippen LogP contribution in [-0.4, -0.2) is 30.7 Å². The summed E-state index contributed by atoms with van der Waals surface area (Å²) in [6.07, 6.45) is 1.81. The highest BCUT2D eigenvalue weighted by molar-refractivity contribution is 6.43. The van der Waals surface area contributed by atoms with Crippen LogP contribution in [0.2, 0.25) is 10.0 Å². The fourth-order valence-electron chi connectivity index (χ4n) is 3.60. The number of nitrogens with zero attached hydrogens (tertiary/aromatic N) is 1. The topological polar surface area (TPSA) is 92.9 Å². The van der Waals surface area contributed by atoms with E-state index >= 15 is 0 Å². The maximum absolute atomic E-state index is 12.8. The Morgan fingerprint density at radius 3 is 2.44 bits per heavy atom. The number of aryl methyl sites for hydroxylation is 2. The van der Waals surface area contributed by atoms with Crippen molar-refractivity contribution in [3.63, 3.8) is 0 Å². The van der Waals surface area contributed by atoms with Gasteiger partial charge in [0.1, 0.15) is 23.3 Å². The molecule has 0 fully saturated rings. The van der Waals surface area contributed by atoms with Gasteiger partial charge in [0.05, 0.1) is 16.3 Å². The minimum absolute atomic E-state index is 0.166. The van der Waals surface area contributed by atoms with Crippen LogP contribution in [0.15, 0.2) is 58.0 Å². The number of hydrogen-bond donors (Lipinski definition) is 2. The normalized spacial score (nSPS) is 12.1. The largest absolute Gasteiger partial charge is 0.483 e. The molecule has 0 unspecified atom stereocenters. The lowest BCUT2D eigenvalue weighted by Crippen LogP contribution is -2.47. The van der Waals surface area contributed by atoms with Gasteiger partial charge in [-0.1, -0.05) is 61.3 Å². The highest BCUT2D eigenvalue weighted by Gasteiger charge is 2.22. The van der Waals surface area contributed by atoms with E-state index in [2.05, 4.69) is 15.8 Å². The minimum Gasteiger partial charge on any atom is -0.483 e. The molecule has 0 aliphatic carbocycles. The summed E-state index contributed by atoms with van der Waals surface area (Å²) in [6.45, 7) is 7.57. The van der Waals surface area contributed by atoms with Crippen molar-refractivity contribution in [3.05, 3.63) is 75.5 Å². The zero-order valence-corrected chi connectivity index (χ0v) is 22.1. The number of nitrogens with one attached hydrogen (secondary N) is 2. The van der Waals surface area contributed by atoms with Gasteiger partial charge in [-0.25, -0.2) is 5.43 Å². The van der Waals surface area contributed by atoms with Crippen LogP contribution in [0.1, 0.15) is 37.2 Å². The lowest BCUT2D eigenvalue weighted by atomic mass is 10.0. The highest BCUT2D eigenvalue weighted by Crippen LogP contribution is 2.34. The van der Waals surface area contributed by atoms with Crippen molar-refractivity contribution >= 4 is 41.2 Å². The average Bonchev–Trinajstić information content (AvgIpc) is 3.28. The summed E-state index contributed by atoms with van der Waals surface area (Å²) in [7, 11) is 0. The average molecular weight is 530 g/mol. The fourth-order valence-corrected chi connectivity index (χ4v) is 4.00. The van der Waals surface area contributed by atoms with Gasteiger partial charge in [0.15, 0.2) is 6.61 Å². The Balaban J connectivity index is 1.59. The monoisotopic (exact) mass is 529 g/mol. The van der Waals surface area contributed by atoms with Crippen LogP contribution in [-0.2, 0) is 9.59 Å². The van der Waals surface area contributed by atoms with Gasteiger partial charge in [-0.3, -0.25) is 9.59 Å². The quantitative estimate of drug-likeness (QED) is 0.251. The molecule has 190 valence electrons. The van der Waals surface area contributed by atoms with Gasteiger partial charge in [-0.15, -0.1) is 0 Å². The SMILES string of the molecule is Cc1cccc(C)c1OCC(=O)N[C@@H](CC(C)C)C(=O)N/N=C\c1ccc(-c2cccc(Cl)c2Cl)o1. The molecule has 9 heteroatoms. The first kappa shape index (κ1) is 27.3. The minimum atomic E-state index is -0.770. The Labute approximate surface area is 220 Å². The van der Waals surface area contributed by atoms with Crippen molar-refractivity contribution in [2.24, 2.45) is 11.0 Å².